The van der Waals surface area contributed by atoms with Gasteiger partial charge in [0, 0.05) is 5.57 Å². The second kappa shape index (κ2) is 4.29. The number of hydrogen-bond acceptors (Lipinski definition) is 1. The van der Waals surface area contributed by atoms with Crippen LogP contribution in [0.3, 0.4) is 0 Å². The lowest BCUT2D eigenvalue weighted by atomic mass is 10.1. The summed E-state index contributed by atoms with van der Waals surface area (Å²) in [5.41, 5.74) is 1.58. The standard InChI is InChI=1S/C11H10O/c1-2-6-11(9-12)10-7-4-3-5-8-10/h2-9H,1H2/b11-6+. The van der Waals surface area contributed by atoms with Crippen LogP contribution in [-0.4, -0.2) is 6.29 Å². The lowest BCUT2D eigenvalue weighted by Gasteiger charge is -1.96. The van der Waals surface area contributed by atoms with Crippen molar-refractivity contribution in [3.05, 3.63) is 54.6 Å². The molecule has 60 valence electrons. The van der Waals surface area contributed by atoms with Crippen LogP contribution in [0.1, 0.15) is 5.56 Å². The lowest BCUT2D eigenvalue weighted by Crippen LogP contribution is -1.83. The van der Waals surface area contributed by atoms with E-state index in [-0.39, 0.29) is 0 Å². The zero-order valence-corrected chi connectivity index (χ0v) is 6.73. The van der Waals surface area contributed by atoms with Crippen molar-refractivity contribution in [2.45, 2.75) is 0 Å². The number of rotatable bonds is 3. The SMILES string of the molecule is C=C/C=C(\C=O)c1ccccc1. The Labute approximate surface area is 72.0 Å². The van der Waals surface area contributed by atoms with Crippen molar-refractivity contribution >= 4 is 11.9 Å². The summed E-state index contributed by atoms with van der Waals surface area (Å²) in [7, 11) is 0. The van der Waals surface area contributed by atoms with Crippen LogP contribution in [0.2, 0.25) is 0 Å². The monoisotopic (exact) mass is 158 g/mol. The number of aldehydes is 1. The topological polar surface area (TPSA) is 17.1 Å². The Morgan fingerprint density at radius 3 is 2.42 bits per heavy atom. The highest BCUT2D eigenvalue weighted by Crippen LogP contribution is 2.10. The smallest absolute Gasteiger partial charge is 0.150 e. The van der Waals surface area contributed by atoms with Crippen molar-refractivity contribution in [3.63, 3.8) is 0 Å². The molecule has 0 heterocycles. The molecule has 0 saturated heterocycles. The van der Waals surface area contributed by atoms with Crippen molar-refractivity contribution in [2.75, 3.05) is 0 Å². The van der Waals surface area contributed by atoms with Gasteiger partial charge >= 0.3 is 0 Å². The van der Waals surface area contributed by atoms with Crippen LogP contribution in [0, 0.1) is 0 Å². The fraction of sp³-hybridized carbons (Fsp3) is 0. The van der Waals surface area contributed by atoms with Crippen LogP contribution >= 0.6 is 0 Å². The van der Waals surface area contributed by atoms with E-state index in [9.17, 15) is 4.79 Å². The highest BCUT2D eigenvalue weighted by Gasteiger charge is 1.95. The number of hydrogen-bond donors (Lipinski definition) is 0. The van der Waals surface area contributed by atoms with Crippen LogP contribution in [0.15, 0.2) is 49.1 Å². The van der Waals surface area contributed by atoms with Gasteiger partial charge in [0.05, 0.1) is 0 Å². The zero-order chi connectivity index (χ0) is 8.81. The third-order valence-electron chi connectivity index (χ3n) is 1.53. The minimum absolute atomic E-state index is 0.658. The van der Waals surface area contributed by atoms with Crippen molar-refractivity contribution in [1.82, 2.24) is 0 Å². The summed E-state index contributed by atoms with van der Waals surface area (Å²) < 4.78 is 0. The Kier molecular flexibility index (Phi) is 3.03. The molecule has 1 aromatic rings. The number of benzene rings is 1. The van der Waals surface area contributed by atoms with E-state index in [1.54, 1.807) is 12.2 Å². The number of allylic oxidation sites excluding steroid dienone is 3. The van der Waals surface area contributed by atoms with E-state index in [1.807, 2.05) is 30.3 Å². The van der Waals surface area contributed by atoms with Gasteiger partial charge in [0.15, 0.2) is 6.29 Å². The van der Waals surface area contributed by atoms with E-state index in [0.29, 0.717) is 5.57 Å². The molecule has 0 atom stereocenters. The molecule has 1 heteroatoms. The molecule has 0 saturated carbocycles. The van der Waals surface area contributed by atoms with E-state index in [1.165, 1.54) is 0 Å². The zero-order valence-electron chi connectivity index (χ0n) is 6.73. The summed E-state index contributed by atoms with van der Waals surface area (Å²) in [6.45, 7) is 3.54. The molecule has 0 aliphatic rings. The molecule has 12 heavy (non-hydrogen) atoms. The molecule has 0 amide bonds. The van der Waals surface area contributed by atoms with Gasteiger partial charge in [-0.15, -0.1) is 0 Å². The molecular formula is C11H10O. The number of carbonyl (C=O) groups is 1. The molecule has 1 aromatic carbocycles. The van der Waals surface area contributed by atoms with Gasteiger partial charge in [-0.25, -0.2) is 0 Å². The first kappa shape index (κ1) is 8.47. The molecule has 0 radical (unpaired) electrons. The molecule has 0 bridgehead atoms. The molecule has 0 N–H and O–H groups in total. The Hall–Kier alpha value is -1.63. The maximum atomic E-state index is 10.6. The lowest BCUT2D eigenvalue weighted by molar-refractivity contribution is -0.103. The molecule has 0 fully saturated rings. The van der Waals surface area contributed by atoms with Crippen LogP contribution in [0.25, 0.3) is 5.57 Å². The molecule has 1 rings (SSSR count). The fourth-order valence-electron chi connectivity index (χ4n) is 0.961. The summed E-state index contributed by atoms with van der Waals surface area (Å²) in [4.78, 5) is 10.6. The normalized spacial score (nSPS) is 10.8. The predicted molar refractivity (Wildman–Crippen MR) is 50.7 cm³/mol. The summed E-state index contributed by atoms with van der Waals surface area (Å²) in [6, 6.07) is 9.50. The first-order valence-electron chi connectivity index (χ1n) is 3.72. The Morgan fingerprint density at radius 2 is 1.92 bits per heavy atom. The van der Waals surface area contributed by atoms with Crippen LogP contribution in [0.4, 0.5) is 0 Å². The first-order valence-corrected chi connectivity index (χ1v) is 3.72. The van der Waals surface area contributed by atoms with Gasteiger partial charge < -0.3 is 0 Å². The highest BCUT2D eigenvalue weighted by atomic mass is 16.1. The molecule has 0 aliphatic heterocycles. The molecule has 0 unspecified atom stereocenters. The van der Waals surface area contributed by atoms with Crippen molar-refractivity contribution in [1.29, 1.82) is 0 Å². The van der Waals surface area contributed by atoms with Gasteiger partial charge in [0.2, 0.25) is 0 Å². The molecule has 0 aromatic heterocycles. The van der Waals surface area contributed by atoms with Gasteiger partial charge in [0.25, 0.3) is 0 Å². The van der Waals surface area contributed by atoms with Crippen molar-refractivity contribution in [3.8, 4) is 0 Å². The second-order valence-corrected chi connectivity index (χ2v) is 2.34. The largest absolute Gasteiger partial charge is 0.298 e. The molecule has 1 nitrogen and oxygen atoms in total. The summed E-state index contributed by atoms with van der Waals surface area (Å²) in [6.07, 6.45) is 4.14. The van der Waals surface area contributed by atoms with E-state index < -0.39 is 0 Å². The molecular weight excluding hydrogens is 148 g/mol. The van der Waals surface area contributed by atoms with Crippen LogP contribution in [0.5, 0.6) is 0 Å². The van der Waals surface area contributed by atoms with Gasteiger partial charge in [-0.05, 0) is 5.56 Å². The van der Waals surface area contributed by atoms with E-state index in [2.05, 4.69) is 6.58 Å². The fourth-order valence-corrected chi connectivity index (χ4v) is 0.961. The van der Waals surface area contributed by atoms with Gasteiger partial charge in [-0.2, -0.15) is 0 Å². The predicted octanol–water partition coefficient (Wildman–Crippen LogP) is 2.45. The van der Waals surface area contributed by atoms with E-state index in [0.717, 1.165) is 11.8 Å². The summed E-state index contributed by atoms with van der Waals surface area (Å²) >= 11 is 0. The number of carbonyl (C=O) groups excluding carboxylic acids is 1. The van der Waals surface area contributed by atoms with Crippen molar-refractivity contribution < 1.29 is 4.79 Å². The van der Waals surface area contributed by atoms with Gasteiger partial charge in [-0.3, -0.25) is 4.79 Å². The summed E-state index contributed by atoms with van der Waals surface area (Å²) in [5, 5.41) is 0. The Balaban J connectivity index is 3.03. The average Bonchev–Trinajstić information content (AvgIpc) is 2.15. The quantitative estimate of drug-likeness (QED) is 0.375. The minimum Gasteiger partial charge on any atom is -0.298 e. The highest BCUT2D eigenvalue weighted by molar-refractivity contribution is 6.07. The van der Waals surface area contributed by atoms with Crippen LogP contribution < -0.4 is 0 Å². The maximum Gasteiger partial charge on any atom is 0.150 e. The minimum atomic E-state index is 0.658. The van der Waals surface area contributed by atoms with Crippen molar-refractivity contribution in [2.24, 2.45) is 0 Å². The van der Waals surface area contributed by atoms with Gasteiger partial charge in [0.1, 0.15) is 0 Å². The average molecular weight is 158 g/mol. The maximum absolute atomic E-state index is 10.6. The third-order valence-corrected chi connectivity index (χ3v) is 1.53. The molecule has 0 spiro atoms. The van der Waals surface area contributed by atoms with Crippen LogP contribution in [-0.2, 0) is 4.79 Å². The third kappa shape index (κ3) is 1.92. The van der Waals surface area contributed by atoms with E-state index in [4.69, 9.17) is 0 Å². The Morgan fingerprint density at radius 1 is 1.25 bits per heavy atom. The Bertz CT molecular complexity index is 296. The molecule has 0 aliphatic carbocycles. The first-order chi connectivity index (χ1) is 5.88. The summed E-state index contributed by atoms with van der Waals surface area (Å²) in [5.74, 6) is 0. The second-order valence-electron chi connectivity index (χ2n) is 2.34. The van der Waals surface area contributed by atoms with Gasteiger partial charge in [-0.1, -0.05) is 49.1 Å². The van der Waals surface area contributed by atoms with E-state index >= 15 is 0 Å².